The predicted octanol–water partition coefficient (Wildman–Crippen LogP) is 3.42. The molecule has 5 heteroatoms. The van der Waals surface area contributed by atoms with Crippen LogP contribution in [0.5, 0.6) is 0 Å². The monoisotopic (exact) mass is 317 g/mol. The molecule has 0 aliphatic carbocycles. The van der Waals surface area contributed by atoms with Crippen molar-refractivity contribution in [2.75, 3.05) is 17.6 Å². The van der Waals surface area contributed by atoms with Crippen LogP contribution in [0.3, 0.4) is 0 Å². The molecule has 4 N–H and O–H groups in total. The first kappa shape index (κ1) is 15.7. The summed E-state index contributed by atoms with van der Waals surface area (Å²) in [5, 5.41) is 13.9. The summed E-state index contributed by atoms with van der Waals surface area (Å²) in [5.41, 5.74) is 8.02. The summed E-state index contributed by atoms with van der Waals surface area (Å²) in [4.78, 5) is 8.24. The minimum absolute atomic E-state index is 0.307. The predicted molar refractivity (Wildman–Crippen MR) is 99.6 cm³/mol. The molecule has 0 atom stereocenters. The van der Waals surface area contributed by atoms with Gasteiger partial charge in [-0.1, -0.05) is 48.5 Å². The molecular formula is C19H19N5. The van der Waals surface area contributed by atoms with Crippen molar-refractivity contribution in [3.8, 4) is 0 Å². The number of fused-ring (bicyclic) bond motifs is 1. The van der Waals surface area contributed by atoms with Crippen LogP contribution in [0.4, 0.5) is 11.6 Å². The summed E-state index contributed by atoms with van der Waals surface area (Å²) >= 11 is 0. The zero-order chi connectivity index (χ0) is 16.9. The molecule has 0 amide bonds. The first-order chi connectivity index (χ1) is 11.7. The van der Waals surface area contributed by atoms with Gasteiger partial charge in [0.15, 0.2) is 0 Å². The van der Waals surface area contributed by atoms with Gasteiger partial charge in [-0.3, -0.25) is 0 Å². The standard InChI is InChI=1S/C19H19N5/c1-2-10-22-19-17(18(21)23-12-24-19)16(20)11-14-8-5-7-13-6-3-4-9-15(13)14/h2-9,12,20H,1,10-11H2,(H3,21,22,23,24). The Morgan fingerprint density at radius 1 is 1.17 bits per heavy atom. The molecule has 1 heterocycles. The first-order valence-corrected chi connectivity index (χ1v) is 7.70. The highest BCUT2D eigenvalue weighted by Crippen LogP contribution is 2.23. The highest BCUT2D eigenvalue weighted by Gasteiger charge is 2.15. The average molecular weight is 317 g/mol. The number of nitrogen functional groups attached to an aromatic ring is 1. The second kappa shape index (κ2) is 6.91. The van der Waals surface area contributed by atoms with Crippen molar-refractivity contribution in [1.29, 1.82) is 5.41 Å². The van der Waals surface area contributed by atoms with E-state index in [-0.39, 0.29) is 0 Å². The number of nitrogens with zero attached hydrogens (tertiary/aromatic N) is 2. The van der Waals surface area contributed by atoms with Gasteiger partial charge in [-0.25, -0.2) is 9.97 Å². The lowest BCUT2D eigenvalue weighted by Gasteiger charge is -2.13. The van der Waals surface area contributed by atoms with Crippen LogP contribution in [0, 0.1) is 5.41 Å². The smallest absolute Gasteiger partial charge is 0.140 e. The molecule has 120 valence electrons. The lowest BCUT2D eigenvalue weighted by atomic mass is 9.97. The van der Waals surface area contributed by atoms with Gasteiger partial charge in [0.25, 0.3) is 0 Å². The summed E-state index contributed by atoms with van der Waals surface area (Å²) in [6.45, 7) is 4.23. The molecule has 0 bridgehead atoms. The molecule has 3 rings (SSSR count). The summed E-state index contributed by atoms with van der Waals surface area (Å²) in [6.07, 6.45) is 3.59. The maximum atomic E-state index is 8.53. The zero-order valence-corrected chi connectivity index (χ0v) is 13.3. The number of anilines is 2. The Hall–Kier alpha value is -3.21. The van der Waals surface area contributed by atoms with Gasteiger partial charge in [-0.2, -0.15) is 0 Å². The molecule has 0 fully saturated rings. The lowest BCUT2D eigenvalue weighted by molar-refractivity contribution is 1.13. The van der Waals surface area contributed by atoms with Gasteiger partial charge in [0.2, 0.25) is 0 Å². The minimum Gasteiger partial charge on any atom is -0.383 e. The highest BCUT2D eigenvalue weighted by atomic mass is 15.0. The fourth-order valence-electron chi connectivity index (χ4n) is 2.73. The molecule has 3 aromatic rings. The maximum absolute atomic E-state index is 8.53. The van der Waals surface area contributed by atoms with E-state index in [1.807, 2.05) is 24.3 Å². The van der Waals surface area contributed by atoms with Crippen LogP contribution in [0.15, 0.2) is 61.4 Å². The van der Waals surface area contributed by atoms with Crippen molar-refractivity contribution in [3.05, 3.63) is 72.6 Å². The van der Waals surface area contributed by atoms with Crippen LogP contribution in [0.2, 0.25) is 0 Å². The fraction of sp³-hybridized carbons (Fsp3) is 0.105. The molecule has 0 spiro atoms. The van der Waals surface area contributed by atoms with Crippen LogP contribution in [-0.2, 0) is 6.42 Å². The highest BCUT2D eigenvalue weighted by molar-refractivity contribution is 6.08. The van der Waals surface area contributed by atoms with Crippen LogP contribution < -0.4 is 11.1 Å². The Morgan fingerprint density at radius 3 is 2.79 bits per heavy atom. The number of nitrogens with one attached hydrogen (secondary N) is 2. The minimum atomic E-state index is 0.307. The van der Waals surface area contributed by atoms with Gasteiger partial charge in [-0.15, -0.1) is 6.58 Å². The Labute approximate surface area is 140 Å². The van der Waals surface area contributed by atoms with Crippen LogP contribution in [0.1, 0.15) is 11.1 Å². The molecular weight excluding hydrogens is 298 g/mol. The Bertz CT molecular complexity index is 896. The average Bonchev–Trinajstić information content (AvgIpc) is 2.60. The van der Waals surface area contributed by atoms with E-state index in [0.717, 1.165) is 16.3 Å². The van der Waals surface area contributed by atoms with Crippen molar-refractivity contribution >= 4 is 28.1 Å². The van der Waals surface area contributed by atoms with E-state index in [2.05, 4.69) is 40.1 Å². The van der Waals surface area contributed by atoms with E-state index in [1.54, 1.807) is 6.08 Å². The summed E-state index contributed by atoms with van der Waals surface area (Å²) in [6, 6.07) is 14.3. The third-order valence-corrected chi connectivity index (χ3v) is 3.84. The topological polar surface area (TPSA) is 87.7 Å². The molecule has 1 aromatic heterocycles. The van der Waals surface area contributed by atoms with Gasteiger partial charge in [-0.05, 0) is 16.3 Å². The van der Waals surface area contributed by atoms with Crippen molar-refractivity contribution in [2.24, 2.45) is 0 Å². The molecule has 24 heavy (non-hydrogen) atoms. The van der Waals surface area contributed by atoms with Crippen molar-refractivity contribution in [2.45, 2.75) is 6.42 Å². The van der Waals surface area contributed by atoms with Gasteiger partial charge in [0.05, 0.1) is 11.3 Å². The SMILES string of the molecule is C=CCNc1ncnc(N)c1C(=N)Cc1cccc2ccccc12. The Morgan fingerprint density at radius 2 is 1.96 bits per heavy atom. The van der Waals surface area contributed by atoms with Gasteiger partial charge in [0, 0.05) is 13.0 Å². The Balaban J connectivity index is 1.96. The van der Waals surface area contributed by atoms with E-state index in [0.29, 0.717) is 35.9 Å². The van der Waals surface area contributed by atoms with Crippen molar-refractivity contribution in [1.82, 2.24) is 9.97 Å². The molecule has 0 radical (unpaired) electrons. The van der Waals surface area contributed by atoms with Gasteiger partial charge >= 0.3 is 0 Å². The third-order valence-electron chi connectivity index (χ3n) is 3.84. The molecule has 0 aliphatic rings. The Kier molecular flexibility index (Phi) is 4.52. The van der Waals surface area contributed by atoms with Crippen molar-refractivity contribution in [3.63, 3.8) is 0 Å². The molecule has 2 aromatic carbocycles. The van der Waals surface area contributed by atoms with Crippen LogP contribution >= 0.6 is 0 Å². The molecule has 0 saturated carbocycles. The van der Waals surface area contributed by atoms with E-state index < -0.39 is 0 Å². The van der Waals surface area contributed by atoms with E-state index >= 15 is 0 Å². The fourth-order valence-corrected chi connectivity index (χ4v) is 2.73. The number of hydrogen-bond donors (Lipinski definition) is 3. The second-order valence-electron chi connectivity index (χ2n) is 5.45. The second-order valence-corrected chi connectivity index (χ2v) is 5.45. The quantitative estimate of drug-likeness (QED) is 0.480. The molecule has 0 aliphatic heterocycles. The third kappa shape index (κ3) is 3.10. The van der Waals surface area contributed by atoms with Crippen LogP contribution in [0.25, 0.3) is 10.8 Å². The van der Waals surface area contributed by atoms with Crippen LogP contribution in [-0.4, -0.2) is 22.2 Å². The van der Waals surface area contributed by atoms with Crippen molar-refractivity contribution < 1.29 is 0 Å². The summed E-state index contributed by atoms with van der Waals surface area (Å²) in [5.74, 6) is 0.870. The number of hydrogen-bond acceptors (Lipinski definition) is 5. The number of benzene rings is 2. The largest absolute Gasteiger partial charge is 0.383 e. The summed E-state index contributed by atoms with van der Waals surface area (Å²) in [7, 11) is 0. The lowest BCUT2D eigenvalue weighted by Crippen LogP contribution is -2.14. The van der Waals surface area contributed by atoms with E-state index in [9.17, 15) is 0 Å². The number of rotatable bonds is 6. The summed E-state index contributed by atoms with van der Waals surface area (Å²) < 4.78 is 0. The number of aromatic nitrogens is 2. The number of nitrogens with two attached hydrogens (primary N) is 1. The van der Waals surface area contributed by atoms with Gasteiger partial charge in [0.1, 0.15) is 18.0 Å². The maximum Gasteiger partial charge on any atom is 0.140 e. The van der Waals surface area contributed by atoms with E-state index in [1.165, 1.54) is 6.33 Å². The molecule has 0 saturated heterocycles. The first-order valence-electron chi connectivity index (χ1n) is 7.70. The van der Waals surface area contributed by atoms with E-state index in [4.69, 9.17) is 11.1 Å². The molecule has 5 nitrogen and oxygen atoms in total. The normalized spacial score (nSPS) is 10.5. The molecule has 0 unspecified atom stereocenters. The van der Waals surface area contributed by atoms with Gasteiger partial charge < -0.3 is 16.5 Å². The zero-order valence-electron chi connectivity index (χ0n) is 13.3.